The number of benzene rings is 1. The maximum Gasteiger partial charge on any atom is 0.458 e. The van der Waals surface area contributed by atoms with E-state index in [0.717, 1.165) is 38.1 Å². The average Bonchev–Trinajstić information content (AvgIpc) is 3.38. The minimum atomic E-state index is -5.73. The Balaban J connectivity index is 1.62. The molecular formula is C24H18F5N5O. The van der Waals surface area contributed by atoms with Gasteiger partial charge in [0.15, 0.2) is 0 Å². The summed E-state index contributed by atoms with van der Waals surface area (Å²) in [6.07, 6.45) is 0.578. The van der Waals surface area contributed by atoms with Crippen molar-refractivity contribution in [3.05, 3.63) is 71.7 Å². The number of hydrogen-bond donors (Lipinski definition) is 1. The molecule has 2 aromatic heterocycles. The Hall–Kier alpha value is -4.07. The Morgan fingerprint density at radius 1 is 1.00 bits per heavy atom. The van der Waals surface area contributed by atoms with E-state index in [4.69, 9.17) is 0 Å². The lowest BCUT2D eigenvalue weighted by atomic mass is 10.0. The summed E-state index contributed by atoms with van der Waals surface area (Å²) in [6, 6.07) is 8.41. The molecule has 3 heterocycles. The Morgan fingerprint density at radius 2 is 1.69 bits per heavy atom. The van der Waals surface area contributed by atoms with Gasteiger partial charge in [-0.05, 0) is 37.1 Å². The van der Waals surface area contributed by atoms with Crippen molar-refractivity contribution >= 4 is 17.4 Å². The molecule has 0 spiro atoms. The largest absolute Gasteiger partial charge is 0.458 e. The maximum absolute atomic E-state index is 13.5. The molecule has 1 aliphatic heterocycles. The fraction of sp³-hybridized carbons (Fsp3) is 0.250. The predicted octanol–water partition coefficient (Wildman–Crippen LogP) is 5.52. The third-order valence-corrected chi connectivity index (χ3v) is 5.57. The lowest BCUT2D eigenvalue weighted by Gasteiger charge is -2.21. The quantitative estimate of drug-likeness (QED) is 0.479. The first kappa shape index (κ1) is 24.1. The Labute approximate surface area is 197 Å². The zero-order valence-corrected chi connectivity index (χ0v) is 18.1. The summed E-state index contributed by atoms with van der Waals surface area (Å²) in [4.78, 5) is 23.4. The first-order chi connectivity index (χ1) is 16.6. The number of aromatic nitrogens is 2. The van der Waals surface area contributed by atoms with Crippen molar-refractivity contribution in [2.75, 3.05) is 23.3 Å². The Kier molecular flexibility index (Phi) is 6.39. The molecule has 1 fully saturated rings. The zero-order chi connectivity index (χ0) is 25.2. The minimum absolute atomic E-state index is 0.0371. The van der Waals surface area contributed by atoms with Crippen LogP contribution in [-0.4, -0.2) is 35.1 Å². The highest BCUT2D eigenvalue weighted by Gasteiger charge is 2.58. The van der Waals surface area contributed by atoms with Crippen LogP contribution in [0.5, 0.6) is 0 Å². The van der Waals surface area contributed by atoms with Crippen molar-refractivity contribution < 1.29 is 26.7 Å². The number of carbonyl (C=O) groups excluding carboxylic acids is 1. The minimum Gasteiger partial charge on any atom is -0.356 e. The molecule has 1 N–H and O–H groups in total. The van der Waals surface area contributed by atoms with Crippen molar-refractivity contribution in [1.82, 2.24) is 9.97 Å². The molecule has 1 aromatic carbocycles. The summed E-state index contributed by atoms with van der Waals surface area (Å²) in [7, 11) is 0. The number of nitrogens with zero attached hydrogens (tertiary/aromatic N) is 4. The van der Waals surface area contributed by atoms with Gasteiger partial charge < -0.3 is 10.2 Å². The van der Waals surface area contributed by atoms with Crippen LogP contribution in [0.3, 0.4) is 0 Å². The van der Waals surface area contributed by atoms with Gasteiger partial charge >= 0.3 is 12.1 Å². The van der Waals surface area contributed by atoms with Gasteiger partial charge in [0, 0.05) is 54.1 Å². The van der Waals surface area contributed by atoms with Gasteiger partial charge in [-0.15, -0.1) is 0 Å². The predicted molar refractivity (Wildman–Crippen MR) is 118 cm³/mol. The number of halogens is 5. The summed E-state index contributed by atoms with van der Waals surface area (Å²) in [5.74, 6) is -5.01. The van der Waals surface area contributed by atoms with E-state index in [0.29, 0.717) is 34.6 Å². The molecule has 1 saturated heterocycles. The molecule has 0 aliphatic carbocycles. The van der Waals surface area contributed by atoms with Crippen LogP contribution in [0.25, 0.3) is 11.1 Å². The third-order valence-electron chi connectivity index (χ3n) is 5.57. The van der Waals surface area contributed by atoms with Gasteiger partial charge in [0.05, 0.1) is 11.1 Å². The lowest BCUT2D eigenvalue weighted by Crippen LogP contribution is -2.33. The average molecular weight is 487 g/mol. The molecule has 0 radical (unpaired) electrons. The van der Waals surface area contributed by atoms with Gasteiger partial charge in [0.1, 0.15) is 11.9 Å². The van der Waals surface area contributed by atoms with E-state index in [1.165, 1.54) is 12.4 Å². The molecule has 1 amide bonds. The van der Waals surface area contributed by atoms with E-state index in [1.807, 2.05) is 6.07 Å². The molecule has 0 saturated carbocycles. The summed E-state index contributed by atoms with van der Waals surface area (Å²) in [6.45, 7) is 1.57. The highest BCUT2D eigenvalue weighted by molar-refractivity contribution is 6.05. The molecule has 11 heteroatoms. The SMILES string of the molecule is N#Cc1cncc(-c2cc(C(=O)Nc3ccc(C(F)(F)C(F)(F)F)cc3)cnc2N2CCCC2)c1. The van der Waals surface area contributed by atoms with Crippen LogP contribution in [0.15, 0.2) is 55.0 Å². The van der Waals surface area contributed by atoms with Crippen LogP contribution in [0.2, 0.25) is 0 Å². The molecule has 1 aliphatic rings. The van der Waals surface area contributed by atoms with Gasteiger partial charge in [-0.3, -0.25) is 9.78 Å². The topological polar surface area (TPSA) is 81.9 Å². The second kappa shape index (κ2) is 9.29. The second-order valence-electron chi connectivity index (χ2n) is 7.97. The summed E-state index contributed by atoms with van der Waals surface area (Å²) in [5, 5.41) is 11.7. The molecular weight excluding hydrogens is 469 g/mol. The van der Waals surface area contributed by atoms with Crippen LogP contribution in [0.1, 0.15) is 34.3 Å². The summed E-state index contributed by atoms with van der Waals surface area (Å²) >= 11 is 0. The highest BCUT2D eigenvalue weighted by Crippen LogP contribution is 2.44. The van der Waals surface area contributed by atoms with Crippen LogP contribution in [0, 0.1) is 11.3 Å². The van der Waals surface area contributed by atoms with E-state index in [-0.39, 0.29) is 11.3 Å². The maximum atomic E-state index is 13.5. The number of pyridine rings is 2. The van der Waals surface area contributed by atoms with Crippen LogP contribution in [-0.2, 0) is 5.92 Å². The number of amides is 1. The number of carbonyl (C=O) groups is 1. The third kappa shape index (κ3) is 4.91. The highest BCUT2D eigenvalue weighted by atomic mass is 19.4. The van der Waals surface area contributed by atoms with E-state index in [2.05, 4.69) is 20.2 Å². The van der Waals surface area contributed by atoms with Crippen molar-refractivity contribution in [1.29, 1.82) is 5.26 Å². The van der Waals surface area contributed by atoms with Gasteiger partial charge in [-0.2, -0.15) is 27.2 Å². The molecule has 4 rings (SSSR count). The smallest absolute Gasteiger partial charge is 0.356 e. The molecule has 35 heavy (non-hydrogen) atoms. The second-order valence-corrected chi connectivity index (χ2v) is 7.97. The molecule has 6 nitrogen and oxygen atoms in total. The number of anilines is 2. The fourth-order valence-corrected chi connectivity index (χ4v) is 3.75. The Morgan fingerprint density at radius 3 is 2.31 bits per heavy atom. The van der Waals surface area contributed by atoms with E-state index >= 15 is 0 Å². The molecule has 180 valence electrons. The van der Waals surface area contributed by atoms with Crippen LogP contribution < -0.4 is 10.2 Å². The lowest BCUT2D eigenvalue weighted by molar-refractivity contribution is -0.289. The van der Waals surface area contributed by atoms with Crippen molar-refractivity contribution in [2.24, 2.45) is 0 Å². The molecule has 0 bridgehead atoms. The number of hydrogen-bond acceptors (Lipinski definition) is 5. The van der Waals surface area contributed by atoms with Gasteiger partial charge in [0.2, 0.25) is 0 Å². The fourth-order valence-electron chi connectivity index (χ4n) is 3.75. The zero-order valence-electron chi connectivity index (χ0n) is 18.1. The first-order valence-corrected chi connectivity index (χ1v) is 10.6. The standard InChI is InChI=1S/C24H18F5N5O/c25-23(26,24(27,28)29)18-3-5-19(6-4-18)33-22(35)17-10-20(16-9-15(11-30)12-31-13-16)21(32-14-17)34-7-1-2-8-34/h3-6,9-10,12-14H,1-2,7-8H2,(H,33,35). The molecule has 0 atom stereocenters. The summed E-state index contributed by atoms with van der Waals surface area (Å²) in [5.41, 5.74) is 0.452. The summed E-state index contributed by atoms with van der Waals surface area (Å²) < 4.78 is 64.7. The van der Waals surface area contributed by atoms with E-state index in [9.17, 15) is 32.0 Å². The van der Waals surface area contributed by atoms with Gasteiger partial charge in [-0.1, -0.05) is 12.1 Å². The normalized spacial score (nSPS) is 14.0. The molecule has 0 unspecified atom stereocenters. The number of nitriles is 1. The van der Waals surface area contributed by atoms with Crippen molar-refractivity contribution in [3.63, 3.8) is 0 Å². The molecule has 3 aromatic rings. The Bertz CT molecular complexity index is 1280. The van der Waals surface area contributed by atoms with Gasteiger partial charge in [0.25, 0.3) is 5.91 Å². The first-order valence-electron chi connectivity index (χ1n) is 10.6. The number of nitrogens with one attached hydrogen (secondary N) is 1. The van der Waals surface area contributed by atoms with Gasteiger partial charge in [-0.25, -0.2) is 4.98 Å². The van der Waals surface area contributed by atoms with Crippen molar-refractivity contribution in [2.45, 2.75) is 24.9 Å². The number of rotatable bonds is 5. The van der Waals surface area contributed by atoms with Crippen LogP contribution in [0.4, 0.5) is 33.5 Å². The van der Waals surface area contributed by atoms with Crippen LogP contribution >= 0.6 is 0 Å². The van der Waals surface area contributed by atoms with Crippen molar-refractivity contribution in [3.8, 4) is 17.2 Å². The van der Waals surface area contributed by atoms with E-state index in [1.54, 1.807) is 18.3 Å². The monoisotopic (exact) mass is 487 g/mol. The number of alkyl halides is 5. The van der Waals surface area contributed by atoms with E-state index < -0.39 is 23.6 Å².